The summed E-state index contributed by atoms with van der Waals surface area (Å²) in [6.45, 7) is 2.28. The molecule has 0 spiro atoms. The summed E-state index contributed by atoms with van der Waals surface area (Å²) in [6.07, 6.45) is -1.23. The van der Waals surface area contributed by atoms with Crippen molar-refractivity contribution in [2.45, 2.75) is 26.2 Å². The van der Waals surface area contributed by atoms with Crippen molar-refractivity contribution in [2.24, 2.45) is 0 Å². The van der Waals surface area contributed by atoms with Crippen molar-refractivity contribution in [3.63, 3.8) is 0 Å². The molecule has 0 atom stereocenters. The van der Waals surface area contributed by atoms with Gasteiger partial charge in [-0.2, -0.15) is 0 Å². The summed E-state index contributed by atoms with van der Waals surface area (Å²) in [6, 6.07) is 4.14. The Hall–Kier alpha value is -2.75. The van der Waals surface area contributed by atoms with Crippen LogP contribution in [-0.2, 0) is 0 Å². The molecule has 0 saturated carbocycles. The molecule has 0 saturated heterocycles. The standard InChI is InChI=1S/C16H14F2N4O3S/c1-2-3-6-22-14(24)9-5-4-8(7-10(9)15(22)25)12(23)19-16-21-20-13(26-16)11(17)18/h4-5,7,11H,2-3,6H2,1H3,(H,19,21,23). The fourth-order valence-corrected chi connectivity index (χ4v) is 3.09. The van der Waals surface area contributed by atoms with Crippen LogP contribution in [0, 0.1) is 0 Å². The molecule has 0 unspecified atom stereocenters. The number of carbonyl (C=O) groups excluding carboxylic acids is 3. The lowest BCUT2D eigenvalue weighted by atomic mass is 10.1. The van der Waals surface area contributed by atoms with E-state index in [4.69, 9.17) is 0 Å². The van der Waals surface area contributed by atoms with Crippen LogP contribution in [0.4, 0.5) is 13.9 Å². The lowest BCUT2D eigenvalue weighted by Crippen LogP contribution is -2.30. The SMILES string of the molecule is CCCCN1C(=O)c2ccc(C(=O)Nc3nnc(C(F)F)s3)cc2C1=O. The van der Waals surface area contributed by atoms with E-state index in [2.05, 4.69) is 15.5 Å². The highest BCUT2D eigenvalue weighted by Crippen LogP contribution is 2.27. The van der Waals surface area contributed by atoms with Gasteiger partial charge in [0, 0.05) is 12.1 Å². The first kappa shape index (κ1) is 18.1. The average molecular weight is 380 g/mol. The zero-order valence-corrected chi connectivity index (χ0v) is 14.5. The summed E-state index contributed by atoms with van der Waals surface area (Å²) in [5.41, 5.74) is 0.527. The predicted molar refractivity (Wildman–Crippen MR) is 89.5 cm³/mol. The second-order valence-electron chi connectivity index (χ2n) is 5.58. The highest BCUT2D eigenvalue weighted by molar-refractivity contribution is 7.15. The number of anilines is 1. The number of fused-ring (bicyclic) bond motifs is 1. The van der Waals surface area contributed by atoms with Gasteiger partial charge in [-0.1, -0.05) is 24.7 Å². The van der Waals surface area contributed by atoms with E-state index in [-0.39, 0.29) is 27.7 Å². The summed E-state index contributed by atoms with van der Waals surface area (Å²) >= 11 is 0.566. The van der Waals surface area contributed by atoms with Crippen LogP contribution in [0.3, 0.4) is 0 Å². The first-order chi connectivity index (χ1) is 12.4. The molecule has 2 heterocycles. The molecule has 1 aromatic carbocycles. The molecule has 0 radical (unpaired) electrons. The number of aromatic nitrogens is 2. The van der Waals surface area contributed by atoms with Crippen LogP contribution in [0.2, 0.25) is 0 Å². The highest BCUT2D eigenvalue weighted by Gasteiger charge is 2.35. The van der Waals surface area contributed by atoms with Crippen molar-refractivity contribution in [3.05, 3.63) is 39.9 Å². The molecule has 1 aromatic heterocycles. The maximum Gasteiger partial charge on any atom is 0.291 e. The van der Waals surface area contributed by atoms with E-state index in [9.17, 15) is 23.2 Å². The van der Waals surface area contributed by atoms with Crippen molar-refractivity contribution >= 4 is 34.2 Å². The molecule has 26 heavy (non-hydrogen) atoms. The molecule has 0 aliphatic carbocycles. The smallest absolute Gasteiger partial charge is 0.291 e. The summed E-state index contributed by atoms with van der Waals surface area (Å²) in [5, 5.41) is 8.54. The van der Waals surface area contributed by atoms with Crippen LogP contribution in [-0.4, -0.2) is 39.4 Å². The second kappa shape index (κ2) is 7.24. The topological polar surface area (TPSA) is 92.3 Å². The Bertz CT molecular complexity index is 884. The van der Waals surface area contributed by atoms with Crippen LogP contribution in [0.5, 0.6) is 0 Å². The molecular weight excluding hydrogens is 366 g/mol. The average Bonchev–Trinajstić information content (AvgIpc) is 3.17. The Kier molecular flexibility index (Phi) is 5.03. The molecule has 3 amide bonds. The number of imide groups is 1. The normalized spacial score (nSPS) is 13.5. The van der Waals surface area contributed by atoms with Crippen LogP contribution < -0.4 is 5.32 Å². The molecule has 7 nitrogen and oxygen atoms in total. The molecule has 3 rings (SSSR count). The van der Waals surface area contributed by atoms with Crippen molar-refractivity contribution in [1.82, 2.24) is 15.1 Å². The third-order valence-electron chi connectivity index (χ3n) is 3.82. The van der Waals surface area contributed by atoms with Gasteiger partial charge in [0.05, 0.1) is 11.1 Å². The summed E-state index contributed by atoms with van der Waals surface area (Å²) in [5.74, 6) is -1.45. The van der Waals surface area contributed by atoms with Gasteiger partial charge >= 0.3 is 0 Å². The van der Waals surface area contributed by atoms with Crippen LogP contribution >= 0.6 is 11.3 Å². The number of hydrogen-bond donors (Lipinski definition) is 1. The number of alkyl halides is 2. The maximum absolute atomic E-state index is 12.5. The van der Waals surface area contributed by atoms with Gasteiger partial charge in [0.2, 0.25) is 5.13 Å². The Morgan fingerprint density at radius 2 is 1.96 bits per heavy atom. The van der Waals surface area contributed by atoms with Gasteiger partial charge in [0.15, 0.2) is 5.01 Å². The lowest BCUT2D eigenvalue weighted by Gasteiger charge is -2.12. The maximum atomic E-state index is 12.5. The van der Waals surface area contributed by atoms with E-state index in [1.165, 1.54) is 18.2 Å². The Labute approximate surface area is 151 Å². The van der Waals surface area contributed by atoms with Crippen LogP contribution in [0.1, 0.15) is 62.3 Å². The fourth-order valence-electron chi connectivity index (χ4n) is 2.49. The van der Waals surface area contributed by atoms with E-state index in [0.717, 1.165) is 11.3 Å². The third kappa shape index (κ3) is 3.32. The number of halogens is 2. The quantitative estimate of drug-likeness (QED) is 0.778. The van der Waals surface area contributed by atoms with E-state index >= 15 is 0 Å². The number of rotatable bonds is 6. The van der Waals surface area contributed by atoms with E-state index in [0.29, 0.717) is 24.3 Å². The summed E-state index contributed by atoms with van der Waals surface area (Å²) in [4.78, 5) is 38.1. The minimum atomic E-state index is -2.77. The van der Waals surface area contributed by atoms with Crippen molar-refractivity contribution in [3.8, 4) is 0 Å². The molecular formula is C16H14F2N4O3S. The van der Waals surface area contributed by atoms with Crippen LogP contribution in [0.15, 0.2) is 18.2 Å². The van der Waals surface area contributed by atoms with E-state index < -0.39 is 23.2 Å². The van der Waals surface area contributed by atoms with Gasteiger partial charge in [0.1, 0.15) is 0 Å². The third-order valence-corrected chi connectivity index (χ3v) is 4.66. The number of benzene rings is 1. The predicted octanol–water partition coefficient (Wildman–Crippen LogP) is 3.12. The summed E-state index contributed by atoms with van der Waals surface area (Å²) < 4.78 is 25.0. The molecule has 1 N–H and O–H groups in total. The summed E-state index contributed by atoms with van der Waals surface area (Å²) in [7, 11) is 0. The fraction of sp³-hybridized carbons (Fsp3) is 0.312. The van der Waals surface area contributed by atoms with Gasteiger partial charge < -0.3 is 0 Å². The zero-order chi connectivity index (χ0) is 18.8. The Morgan fingerprint density at radius 3 is 2.62 bits per heavy atom. The second-order valence-corrected chi connectivity index (χ2v) is 6.59. The molecule has 1 aliphatic heterocycles. The van der Waals surface area contributed by atoms with E-state index in [1.54, 1.807) is 0 Å². The first-order valence-corrected chi connectivity index (χ1v) is 8.67. The van der Waals surface area contributed by atoms with Gasteiger partial charge in [-0.25, -0.2) is 8.78 Å². The van der Waals surface area contributed by atoms with Gasteiger partial charge in [-0.05, 0) is 24.6 Å². The Morgan fingerprint density at radius 1 is 1.23 bits per heavy atom. The minimum Gasteiger partial charge on any atom is -0.296 e. The van der Waals surface area contributed by atoms with Crippen molar-refractivity contribution in [1.29, 1.82) is 0 Å². The zero-order valence-electron chi connectivity index (χ0n) is 13.7. The van der Waals surface area contributed by atoms with Crippen LogP contribution in [0.25, 0.3) is 0 Å². The largest absolute Gasteiger partial charge is 0.296 e. The van der Waals surface area contributed by atoms with Crippen molar-refractivity contribution < 1.29 is 23.2 Å². The number of nitrogens with one attached hydrogen (secondary N) is 1. The Balaban J connectivity index is 1.79. The number of nitrogens with zero attached hydrogens (tertiary/aromatic N) is 3. The highest BCUT2D eigenvalue weighted by atomic mass is 32.1. The molecule has 0 fully saturated rings. The van der Waals surface area contributed by atoms with Crippen molar-refractivity contribution in [2.75, 3.05) is 11.9 Å². The molecule has 1 aliphatic rings. The van der Waals surface area contributed by atoms with Gasteiger partial charge in [-0.15, -0.1) is 10.2 Å². The number of carbonyl (C=O) groups is 3. The number of amides is 3. The van der Waals surface area contributed by atoms with Gasteiger partial charge in [-0.3, -0.25) is 24.6 Å². The number of hydrogen-bond acceptors (Lipinski definition) is 6. The molecule has 10 heteroatoms. The van der Waals surface area contributed by atoms with E-state index in [1.807, 2.05) is 6.92 Å². The first-order valence-electron chi connectivity index (χ1n) is 7.85. The lowest BCUT2D eigenvalue weighted by molar-refractivity contribution is 0.0652. The monoisotopic (exact) mass is 380 g/mol. The number of unbranched alkanes of at least 4 members (excludes halogenated alkanes) is 1. The minimum absolute atomic E-state index is 0.0715. The molecule has 136 valence electrons. The van der Waals surface area contributed by atoms with Gasteiger partial charge in [0.25, 0.3) is 24.1 Å². The molecule has 0 bridgehead atoms. The molecule has 2 aromatic rings.